The van der Waals surface area contributed by atoms with E-state index in [9.17, 15) is 0 Å². The third kappa shape index (κ3) is 33.4. The Morgan fingerprint density at radius 1 is 1.08 bits per heavy atom. The summed E-state index contributed by atoms with van der Waals surface area (Å²) in [5.41, 5.74) is 5.75. The first-order valence-electron chi connectivity index (χ1n) is 2.56. The van der Waals surface area contributed by atoms with Gasteiger partial charge < -0.3 is 32.3 Å². The van der Waals surface area contributed by atoms with Crippen LogP contribution < -0.4 is 0 Å². The Hall–Kier alpha value is -0.362. The largest absolute Gasteiger partial charge is 0.577 e. The van der Waals surface area contributed by atoms with Crippen LogP contribution in [0.25, 0.3) is 5.59 Å². The van der Waals surface area contributed by atoms with Crippen LogP contribution in [-0.4, -0.2) is 0 Å². The third-order valence-electron chi connectivity index (χ3n) is 0.556. The number of hydrogen-bond donors (Lipinski definition) is 0. The maximum atomic E-state index is 7.25. The third-order valence-corrected chi connectivity index (χ3v) is 0.556. The van der Waals surface area contributed by atoms with Gasteiger partial charge in [0.2, 0.25) is 0 Å². The molecule has 0 bridgehead atoms. The van der Waals surface area contributed by atoms with Crippen LogP contribution in [0, 0.1) is 26.7 Å². The molecule has 0 spiro atoms. The Bertz CT molecular complexity index is 81.4. The fourth-order valence-corrected chi connectivity index (χ4v) is 0.321. The molecule has 0 saturated heterocycles. The Morgan fingerprint density at radius 2 is 1.33 bits per heavy atom. The minimum atomic E-state index is 0. The molecule has 0 unspecified atom stereocenters. The van der Waals surface area contributed by atoms with Gasteiger partial charge in [-0.25, -0.2) is 12.1 Å². The SMILES string of the molecule is [CH2-]C.[CH3-].[CH3-].[N-]=O.[W].c1cc[cH-]c1. The summed E-state index contributed by atoms with van der Waals surface area (Å²) in [6.07, 6.45) is 0. The fraction of sp³-hybridized carbons (Fsp3) is 0.111. The first-order chi connectivity index (χ1) is 4.50. The van der Waals surface area contributed by atoms with E-state index in [0.29, 0.717) is 0 Å². The van der Waals surface area contributed by atoms with Crippen molar-refractivity contribution in [1.29, 1.82) is 0 Å². The Labute approximate surface area is 90.8 Å². The molecule has 0 N–H and O–H groups in total. The molecule has 3 heteroatoms. The first kappa shape index (κ1) is 29.9. The summed E-state index contributed by atoms with van der Waals surface area (Å²) in [6.45, 7) is 5.00. The number of hydrogen-bond acceptors (Lipinski definition) is 1. The average molecular weight is 338 g/mol. The zero-order valence-electron chi connectivity index (χ0n) is 7.86. The molecule has 12 heavy (non-hydrogen) atoms. The van der Waals surface area contributed by atoms with Crippen LogP contribution in [0.5, 0.6) is 0 Å². The van der Waals surface area contributed by atoms with Gasteiger partial charge >= 0.3 is 0 Å². The summed E-state index contributed by atoms with van der Waals surface area (Å²) in [6, 6.07) is 10.0. The van der Waals surface area contributed by atoms with E-state index in [1.807, 2.05) is 30.3 Å². The van der Waals surface area contributed by atoms with Crippen molar-refractivity contribution < 1.29 is 21.1 Å². The van der Waals surface area contributed by atoms with Gasteiger partial charge in [0.05, 0.1) is 0 Å². The Kier molecular flexibility index (Phi) is 114. The molecule has 0 aliphatic rings. The fourth-order valence-electron chi connectivity index (χ4n) is 0.321. The van der Waals surface area contributed by atoms with Crippen molar-refractivity contribution in [3.63, 3.8) is 0 Å². The van der Waals surface area contributed by atoms with Crippen LogP contribution in [0.15, 0.2) is 30.3 Å². The maximum absolute atomic E-state index is 7.25. The van der Waals surface area contributed by atoms with Crippen molar-refractivity contribution >= 4 is 0 Å². The molecule has 1 rings (SSSR count). The van der Waals surface area contributed by atoms with E-state index in [-0.39, 0.29) is 35.9 Å². The smallest absolute Gasteiger partial charge is 0 e. The molecule has 0 radical (unpaired) electrons. The van der Waals surface area contributed by atoms with E-state index in [1.165, 1.54) is 0 Å². The normalized spacial score (nSPS) is 4.17. The van der Waals surface area contributed by atoms with Crippen molar-refractivity contribution in [2.75, 3.05) is 0 Å². The Balaban J connectivity index is -0.0000000213. The molecule has 1 aromatic carbocycles. The van der Waals surface area contributed by atoms with E-state index in [4.69, 9.17) is 10.5 Å². The summed E-state index contributed by atoms with van der Waals surface area (Å²) < 4.78 is 0. The minimum Gasteiger partial charge on any atom is -0.577 e. The van der Waals surface area contributed by atoms with Crippen LogP contribution >= 0.6 is 0 Å². The monoisotopic (exact) mass is 338 g/mol. The molecule has 0 saturated carbocycles. The molecule has 0 aliphatic carbocycles. The van der Waals surface area contributed by atoms with E-state index in [0.717, 1.165) is 0 Å². The maximum Gasteiger partial charge on any atom is 0 e. The van der Waals surface area contributed by atoms with Gasteiger partial charge in [0.1, 0.15) is 0 Å². The topological polar surface area (TPSA) is 39.4 Å². The predicted octanol–water partition coefficient (Wildman–Crippen LogP) is 3.47. The zero-order valence-corrected chi connectivity index (χ0v) is 10.8. The first-order valence-corrected chi connectivity index (χ1v) is 2.56. The number of nitrogens with zero attached hydrogens (tertiary/aromatic N) is 1. The molecular weight excluding hydrogens is 322 g/mol. The molecule has 0 aromatic heterocycles. The van der Waals surface area contributed by atoms with Gasteiger partial charge in [-0.15, -0.1) is 0 Å². The Morgan fingerprint density at radius 3 is 1.42 bits per heavy atom. The summed E-state index contributed by atoms with van der Waals surface area (Å²) in [5, 5.41) is 0. The molecule has 1 aromatic rings. The van der Waals surface area contributed by atoms with Gasteiger partial charge in [-0.2, -0.15) is 25.1 Å². The van der Waals surface area contributed by atoms with Gasteiger partial charge in [0.15, 0.2) is 0 Å². The molecule has 0 aliphatic heterocycles. The van der Waals surface area contributed by atoms with Crippen molar-refractivity contribution in [2.45, 2.75) is 6.92 Å². The molecule has 2 nitrogen and oxygen atoms in total. The van der Waals surface area contributed by atoms with Gasteiger partial charge in [0.25, 0.3) is 0 Å². The summed E-state index contributed by atoms with van der Waals surface area (Å²) in [7, 11) is 0. The summed E-state index contributed by atoms with van der Waals surface area (Å²) in [5.74, 6) is 0. The van der Waals surface area contributed by atoms with E-state index in [2.05, 4.69) is 6.92 Å². The molecular formula is C9H16NOW-5. The van der Waals surface area contributed by atoms with Crippen molar-refractivity contribution in [3.8, 4) is 0 Å². The van der Waals surface area contributed by atoms with E-state index >= 15 is 0 Å². The van der Waals surface area contributed by atoms with Gasteiger partial charge in [-0.05, 0) is 0 Å². The van der Waals surface area contributed by atoms with Crippen LogP contribution in [0.1, 0.15) is 6.92 Å². The molecule has 0 amide bonds. The van der Waals surface area contributed by atoms with E-state index < -0.39 is 0 Å². The number of rotatable bonds is 0. The molecule has 0 atom stereocenters. The van der Waals surface area contributed by atoms with Crippen LogP contribution in [0.4, 0.5) is 0 Å². The van der Waals surface area contributed by atoms with Crippen molar-refractivity contribution in [3.05, 3.63) is 62.6 Å². The average Bonchev–Trinajstić information content (AvgIpc) is 2.51. The van der Waals surface area contributed by atoms with Crippen LogP contribution in [-0.2, 0) is 21.1 Å². The second-order valence-electron chi connectivity index (χ2n) is 0.962. The minimum absolute atomic E-state index is 0. The predicted molar refractivity (Wildman–Crippen MR) is 52.6 cm³/mol. The second-order valence-corrected chi connectivity index (χ2v) is 0.962. The standard InChI is InChI=1S/C5H5.C2H5.2CH3.NO.W/c1-2-4-5-3-1;1-2;;;1-2;/h1-5H;1H2,2H3;2*1H3;;/q5*-1;. The van der Waals surface area contributed by atoms with Gasteiger partial charge in [-0.1, -0.05) is 0 Å². The molecule has 74 valence electrons. The molecule has 0 heterocycles. The summed E-state index contributed by atoms with van der Waals surface area (Å²) >= 11 is 0. The number of nitroso groups, excluding NO2 is 1. The molecule has 0 fully saturated rings. The summed E-state index contributed by atoms with van der Waals surface area (Å²) in [4.78, 5) is 7.25. The van der Waals surface area contributed by atoms with Crippen molar-refractivity contribution in [2.24, 2.45) is 0 Å². The van der Waals surface area contributed by atoms with Crippen LogP contribution in [0.3, 0.4) is 0 Å². The van der Waals surface area contributed by atoms with Gasteiger partial charge in [0, 0.05) is 21.1 Å². The zero-order chi connectivity index (χ0) is 7.54. The quantitative estimate of drug-likeness (QED) is 0.668. The van der Waals surface area contributed by atoms with Gasteiger partial charge in [-0.3, -0.25) is 0 Å². The van der Waals surface area contributed by atoms with E-state index in [1.54, 1.807) is 6.92 Å². The van der Waals surface area contributed by atoms with Crippen LogP contribution in [0.2, 0.25) is 0 Å². The van der Waals surface area contributed by atoms with Crippen molar-refractivity contribution in [1.82, 2.24) is 0 Å². The second kappa shape index (κ2) is 45.9.